The van der Waals surface area contributed by atoms with Crippen LogP contribution in [0.5, 0.6) is 11.5 Å². The van der Waals surface area contributed by atoms with E-state index in [-0.39, 0.29) is 24.8 Å². The molecule has 0 bridgehead atoms. The average Bonchev–Trinajstić information content (AvgIpc) is 3.55. The SMILES string of the molecule is O=c1c2cc(-c3ccc(Br)cc3)nn2cnn1Cc1nc(-c2ccc3c(c2)OCO3)no1. The monoisotopic (exact) mass is 492 g/mol. The zero-order valence-corrected chi connectivity index (χ0v) is 17.9. The standard InChI is InChI=1S/C21H13BrN6O4/c22-14-4-1-12(2-5-14)15-8-16-21(29)27(23-10-28(16)25-15)9-19-24-20(26-32-19)13-3-6-17-18(7-13)31-11-30-17/h1-8,10H,9,11H2. The van der Waals surface area contributed by atoms with E-state index in [9.17, 15) is 4.79 Å². The summed E-state index contributed by atoms with van der Waals surface area (Å²) in [6, 6.07) is 14.8. The van der Waals surface area contributed by atoms with Crippen molar-refractivity contribution in [2.45, 2.75) is 6.54 Å². The van der Waals surface area contributed by atoms with Gasteiger partial charge in [-0.25, -0.2) is 9.20 Å². The van der Waals surface area contributed by atoms with Crippen LogP contribution in [-0.4, -0.2) is 36.3 Å². The van der Waals surface area contributed by atoms with Crippen LogP contribution in [0, 0.1) is 0 Å². The van der Waals surface area contributed by atoms with Crippen molar-refractivity contribution in [3.63, 3.8) is 0 Å². The van der Waals surface area contributed by atoms with Gasteiger partial charge in [-0.15, -0.1) is 0 Å². The van der Waals surface area contributed by atoms with Crippen molar-refractivity contribution >= 4 is 21.4 Å². The third-order valence-electron chi connectivity index (χ3n) is 5.01. The Bertz CT molecular complexity index is 1520. The van der Waals surface area contributed by atoms with Crippen LogP contribution in [0.4, 0.5) is 0 Å². The first-order valence-corrected chi connectivity index (χ1v) is 10.4. The molecule has 0 N–H and O–H groups in total. The lowest BCUT2D eigenvalue weighted by atomic mass is 10.1. The first kappa shape index (κ1) is 18.8. The number of hydrogen-bond acceptors (Lipinski definition) is 8. The highest BCUT2D eigenvalue weighted by atomic mass is 79.9. The summed E-state index contributed by atoms with van der Waals surface area (Å²) in [6.45, 7) is 0.219. The molecule has 4 heterocycles. The Kier molecular flexibility index (Phi) is 4.28. The lowest BCUT2D eigenvalue weighted by Gasteiger charge is -2.00. The van der Waals surface area contributed by atoms with Gasteiger partial charge < -0.3 is 14.0 Å². The van der Waals surface area contributed by atoms with Crippen molar-refractivity contribution in [3.05, 3.63) is 75.6 Å². The van der Waals surface area contributed by atoms with Crippen molar-refractivity contribution in [3.8, 4) is 34.1 Å². The molecule has 0 saturated heterocycles. The summed E-state index contributed by atoms with van der Waals surface area (Å²) in [7, 11) is 0. The summed E-state index contributed by atoms with van der Waals surface area (Å²) in [5.41, 5.74) is 2.37. The maximum Gasteiger partial charge on any atom is 0.293 e. The summed E-state index contributed by atoms with van der Waals surface area (Å²) in [5.74, 6) is 1.93. The lowest BCUT2D eigenvalue weighted by molar-refractivity contribution is 0.174. The number of rotatable bonds is 4. The normalized spacial score (nSPS) is 12.5. The van der Waals surface area contributed by atoms with Gasteiger partial charge in [0.15, 0.2) is 11.5 Å². The highest BCUT2D eigenvalue weighted by Gasteiger charge is 2.17. The molecule has 32 heavy (non-hydrogen) atoms. The zero-order chi connectivity index (χ0) is 21.7. The minimum absolute atomic E-state index is 0.0334. The van der Waals surface area contributed by atoms with E-state index in [0.29, 0.717) is 28.5 Å². The van der Waals surface area contributed by atoms with E-state index in [1.54, 1.807) is 18.2 Å². The molecule has 6 rings (SSSR count). The largest absolute Gasteiger partial charge is 0.454 e. The summed E-state index contributed by atoms with van der Waals surface area (Å²) < 4.78 is 19.7. The molecule has 2 aromatic carbocycles. The van der Waals surface area contributed by atoms with Crippen LogP contribution >= 0.6 is 15.9 Å². The molecule has 1 aliphatic rings. The molecule has 1 aliphatic heterocycles. The van der Waals surface area contributed by atoms with E-state index in [2.05, 4.69) is 36.3 Å². The fourth-order valence-electron chi connectivity index (χ4n) is 3.41. The second-order valence-corrected chi connectivity index (χ2v) is 7.96. The Morgan fingerprint density at radius 3 is 2.69 bits per heavy atom. The Morgan fingerprint density at radius 2 is 1.81 bits per heavy atom. The smallest absolute Gasteiger partial charge is 0.293 e. The summed E-state index contributed by atoms with van der Waals surface area (Å²) in [5, 5.41) is 12.6. The highest BCUT2D eigenvalue weighted by molar-refractivity contribution is 9.10. The third kappa shape index (κ3) is 3.23. The number of hydrogen-bond donors (Lipinski definition) is 0. The molecule has 10 nitrogen and oxygen atoms in total. The maximum atomic E-state index is 12.9. The molecule has 0 amide bonds. The minimum atomic E-state index is -0.314. The highest BCUT2D eigenvalue weighted by Crippen LogP contribution is 2.35. The van der Waals surface area contributed by atoms with Crippen LogP contribution < -0.4 is 15.0 Å². The lowest BCUT2D eigenvalue weighted by Crippen LogP contribution is -2.25. The van der Waals surface area contributed by atoms with Gasteiger partial charge in [0.1, 0.15) is 18.4 Å². The Labute approximate surface area is 188 Å². The van der Waals surface area contributed by atoms with E-state index in [1.807, 2.05) is 30.3 Å². The fourth-order valence-corrected chi connectivity index (χ4v) is 3.68. The van der Waals surface area contributed by atoms with Gasteiger partial charge in [-0.3, -0.25) is 4.79 Å². The quantitative estimate of drug-likeness (QED) is 0.376. The van der Waals surface area contributed by atoms with Crippen LogP contribution in [0.15, 0.2) is 68.6 Å². The molecule has 0 aliphatic carbocycles. The number of benzene rings is 2. The van der Waals surface area contributed by atoms with E-state index in [1.165, 1.54) is 15.5 Å². The molecule has 5 aromatic rings. The summed E-state index contributed by atoms with van der Waals surface area (Å²) in [6.07, 6.45) is 1.48. The van der Waals surface area contributed by atoms with Crippen molar-refractivity contribution in [2.75, 3.05) is 6.79 Å². The Hall–Kier alpha value is -3.99. The van der Waals surface area contributed by atoms with Crippen molar-refractivity contribution < 1.29 is 14.0 Å². The van der Waals surface area contributed by atoms with Gasteiger partial charge in [0.05, 0.1) is 5.69 Å². The number of ether oxygens (including phenoxy) is 2. The van der Waals surface area contributed by atoms with E-state index >= 15 is 0 Å². The van der Waals surface area contributed by atoms with Crippen LogP contribution in [-0.2, 0) is 6.54 Å². The number of halogens is 1. The van der Waals surface area contributed by atoms with Crippen molar-refractivity contribution in [2.24, 2.45) is 0 Å². The van der Waals surface area contributed by atoms with Gasteiger partial charge in [0, 0.05) is 15.6 Å². The second-order valence-electron chi connectivity index (χ2n) is 7.04. The van der Waals surface area contributed by atoms with Crippen LogP contribution in [0.2, 0.25) is 0 Å². The minimum Gasteiger partial charge on any atom is -0.454 e. The van der Waals surface area contributed by atoms with Crippen molar-refractivity contribution in [1.82, 2.24) is 29.5 Å². The fraction of sp³-hybridized carbons (Fsp3) is 0.0952. The summed E-state index contributed by atoms with van der Waals surface area (Å²) in [4.78, 5) is 17.3. The summed E-state index contributed by atoms with van der Waals surface area (Å²) >= 11 is 3.41. The van der Waals surface area contributed by atoms with Crippen molar-refractivity contribution in [1.29, 1.82) is 0 Å². The molecule has 0 unspecified atom stereocenters. The number of nitrogens with zero attached hydrogens (tertiary/aromatic N) is 6. The van der Waals surface area contributed by atoms with Crippen LogP contribution in [0.3, 0.4) is 0 Å². The average molecular weight is 493 g/mol. The molecule has 0 saturated carbocycles. The first-order chi connectivity index (χ1) is 15.6. The molecule has 0 spiro atoms. The molecule has 0 atom stereocenters. The predicted octanol–water partition coefficient (Wildman–Crippen LogP) is 3.15. The molecule has 0 radical (unpaired) electrons. The predicted molar refractivity (Wildman–Crippen MR) is 115 cm³/mol. The molecular weight excluding hydrogens is 480 g/mol. The van der Waals surface area contributed by atoms with Crippen LogP contribution in [0.1, 0.15) is 5.89 Å². The molecule has 0 fully saturated rings. The first-order valence-electron chi connectivity index (χ1n) is 9.58. The van der Waals surface area contributed by atoms with Crippen LogP contribution in [0.25, 0.3) is 28.2 Å². The van der Waals surface area contributed by atoms with E-state index < -0.39 is 0 Å². The third-order valence-corrected chi connectivity index (χ3v) is 5.54. The van der Waals surface area contributed by atoms with Gasteiger partial charge in [0.25, 0.3) is 5.56 Å². The van der Waals surface area contributed by atoms with Gasteiger partial charge in [-0.2, -0.15) is 15.2 Å². The maximum absolute atomic E-state index is 12.9. The van der Waals surface area contributed by atoms with Gasteiger partial charge in [-0.05, 0) is 36.4 Å². The Balaban J connectivity index is 1.29. The molecule has 11 heteroatoms. The topological polar surface area (TPSA) is 110 Å². The zero-order valence-electron chi connectivity index (χ0n) is 16.3. The van der Waals surface area contributed by atoms with E-state index in [4.69, 9.17) is 14.0 Å². The number of aromatic nitrogens is 6. The van der Waals surface area contributed by atoms with Gasteiger partial charge in [0.2, 0.25) is 18.5 Å². The molecule has 3 aromatic heterocycles. The van der Waals surface area contributed by atoms with E-state index in [0.717, 1.165) is 15.6 Å². The van der Waals surface area contributed by atoms with Gasteiger partial charge >= 0.3 is 0 Å². The second kappa shape index (κ2) is 7.31. The Morgan fingerprint density at radius 1 is 1.00 bits per heavy atom. The number of fused-ring (bicyclic) bond motifs is 2. The van der Waals surface area contributed by atoms with Gasteiger partial charge in [-0.1, -0.05) is 33.2 Å². The molecular formula is C21H13BrN6O4. The molecule has 158 valence electrons.